The zero-order chi connectivity index (χ0) is 21.8. The fraction of sp³-hybridized carbons (Fsp3) is 0.417. The summed E-state index contributed by atoms with van der Waals surface area (Å²) in [6, 6.07) is 11.7. The van der Waals surface area contributed by atoms with Gasteiger partial charge in [-0.1, -0.05) is 11.6 Å². The molecule has 2 saturated heterocycles. The molecule has 4 rings (SSSR count). The maximum absolute atomic E-state index is 12.5. The van der Waals surface area contributed by atoms with Crippen molar-refractivity contribution >= 4 is 34.9 Å². The summed E-state index contributed by atoms with van der Waals surface area (Å²) in [5.41, 5.74) is 1.87. The molecule has 0 spiro atoms. The Morgan fingerprint density at radius 1 is 1.03 bits per heavy atom. The van der Waals surface area contributed by atoms with Crippen LogP contribution < -0.4 is 10.2 Å². The number of benzene rings is 2. The van der Waals surface area contributed by atoms with Gasteiger partial charge in [-0.15, -0.1) is 0 Å². The van der Waals surface area contributed by atoms with Crippen LogP contribution in [-0.4, -0.2) is 54.6 Å². The van der Waals surface area contributed by atoms with Crippen molar-refractivity contribution in [2.45, 2.75) is 25.7 Å². The minimum absolute atomic E-state index is 0.218. The number of carbonyl (C=O) groups is 2. The molecule has 0 bridgehead atoms. The van der Waals surface area contributed by atoms with Gasteiger partial charge in [0, 0.05) is 35.9 Å². The van der Waals surface area contributed by atoms with Crippen LogP contribution in [0.25, 0.3) is 0 Å². The molecule has 0 radical (unpaired) electrons. The smallest absolute Gasteiger partial charge is 0.337 e. The average molecular weight is 442 g/mol. The molecule has 31 heavy (non-hydrogen) atoms. The van der Waals surface area contributed by atoms with E-state index in [1.807, 2.05) is 6.07 Å². The van der Waals surface area contributed by atoms with Crippen molar-refractivity contribution in [2.24, 2.45) is 5.92 Å². The van der Waals surface area contributed by atoms with Crippen molar-refractivity contribution in [3.63, 3.8) is 0 Å². The Morgan fingerprint density at radius 2 is 1.77 bits per heavy atom. The molecule has 0 aromatic heterocycles. The predicted octanol–water partition coefficient (Wildman–Crippen LogP) is 4.60. The van der Waals surface area contributed by atoms with Gasteiger partial charge in [0.25, 0.3) is 5.91 Å². The third-order valence-corrected chi connectivity index (χ3v) is 6.42. The second kappa shape index (κ2) is 9.71. The topological polar surface area (TPSA) is 72.9 Å². The first-order valence-corrected chi connectivity index (χ1v) is 11.3. The van der Waals surface area contributed by atoms with E-state index in [1.165, 1.54) is 32.4 Å². The highest BCUT2D eigenvalue weighted by molar-refractivity contribution is 6.30. The van der Waals surface area contributed by atoms with Gasteiger partial charge in [0.15, 0.2) is 0 Å². The Kier molecular flexibility index (Phi) is 6.78. The fourth-order valence-corrected chi connectivity index (χ4v) is 4.75. The molecule has 6 nitrogen and oxygen atoms in total. The van der Waals surface area contributed by atoms with E-state index in [2.05, 4.69) is 15.1 Å². The normalized spacial score (nSPS) is 19.4. The van der Waals surface area contributed by atoms with Gasteiger partial charge in [-0.25, -0.2) is 4.79 Å². The zero-order valence-electron chi connectivity index (χ0n) is 17.5. The first kappa shape index (κ1) is 21.7. The molecule has 7 heteroatoms. The summed E-state index contributed by atoms with van der Waals surface area (Å²) in [6.45, 7) is 5.17. The van der Waals surface area contributed by atoms with E-state index >= 15 is 0 Å². The van der Waals surface area contributed by atoms with E-state index in [1.54, 1.807) is 36.4 Å². The number of amides is 1. The Labute approximate surface area is 187 Å². The number of carboxylic acid groups (broad SMARTS) is 1. The number of hydrogen-bond acceptors (Lipinski definition) is 4. The number of hydrogen-bond donors (Lipinski definition) is 2. The maximum atomic E-state index is 12.5. The molecule has 2 N–H and O–H groups in total. The minimum Gasteiger partial charge on any atom is -0.478 e. The van der Waals surface area contributed by atoms with Crippen LogP contribution in [0.3, 0.4) is 0 Å². The first-order chi connectivity index (χ1) is 15.0. The van der Waals surface area contributed by atoms with Crippen molar-refractivity contribution in [1.82, 2.24) is 4.90 Å². The van der Waals surface area contributed by atoms with Gasteiger partial charge in [0.2, 0.25) is 0 Å². The molecule has 0 saturated carbocycles. The van der Waals surface area contributed by atoms with E-state index in [4.69, 9.17) is 11.6 Å². The van der Waals surface area contributed by atoms with Crippen molar-refractivity contribution in [2.75, 3.05) is 42.9 Å². The Bertz CT molecular complexity index is 942. The van der Waals surface area contributed by atoms with Gasteiger partial charge in [0.1, 0.15) is 0 Å². The number of halogens is 1. The molecule has 2 fully saturated rings. The molecule has 0 aliphatic carbocycles. The molecule has 1 amide bonds. The summed E-state index contributed by atoms with van der Waals surface area (Å²) < 4.78 is 0. The average Bonchev–Trinajstić information content (AvgIpc) is 3.27. The van der Waals surface area contributed by atoms with Gasteiger partial charge >= 0.3 is 5.97 Å². The van der Waals surface area contributed by atoms with Gasteiger partial charge in [0.05, 0.1) is 11.3 Å². The predicted molar refractivity (Wildman–Crippen MR) is 123 cm³/mol. The van der Waals surface area contributed by atoms with Crippen LogP contribution >= 0.6 is 11.6 Å². The second-order valence-electron chi connectivity index (χ2n) is 8.46. The molecular formula is C24H28ClN3O3. The Morgan fingerprint density at radius 3 is 2.48 bits per heavy atom. The van der Waals surface area contributed by atoms with Gasteiger partial charge in [-0.2, -0.15) is 0 Å². The minimum atomic E-state index is -0.987. The summed E-state index contributed by atoms with van der Waals surface area (Å²) in [5.74, 6) is -0.735. The SMILES string of the molecule is O=C(Nc1ccc(N2CCCC(CN3CCCC3)C2)c(C(=O)O)c1)c1ccc(Cl)cc1. The molecular weight excluding hydrogens is 414 g/mol. The van der Waals surface area contributed by atoms with Crippen molar-refractivity contribution in [3.05, 3.63) is 58.6 Å². The van der Waals surface area contributed by atoms with Gasteiger partial charge < -0.3 is 20.2 Å². The number of likely N-dealkylation sites (tertiary alicyclic amines) is 1. The monoisotopic (exact) mass is 441 g/mol. The van der Waals surface area contributed by atoms with Crippen molar-refractivity contribution in [3.8, 4) is 0 Å². The fourth-order valence-electron chi connectivity index (χ4n) is 4.63. The van der Waals surface area contributed by atoms with E-state index in [0.717, 1.165) is 31.7 Å². The lowest BCUT2D eigenvalue weighted by molar-refractivity contribution is 0.0697. The third-order valence-electron chi connectivity index (χ3n) is 6.17. The van der Waals surface area contributed by atoms with Crippen LogP contribution in [0.2, 0.25) is 5.02 Å². The van der Waals surface area contributed by atoms with Crippen LogP contribution in [0.4, 0.5) is 11.4 Å². The lowest BCUT2D eigenvalue weighted by Gasteiger charge is -2.36. The van der Waals surface area contributed by atoms with Crippen LogP contribution in [0.15, 0.2) is 42.5 Å². The van der Waals surface area contributed by atoms with Crippen LogP contribution in [0.1, 0.15) is 46.4 Å². The standard InChI is InChI=1S/C24H28ClN3O3/c25-19-7-5-18(6-8-19)23(29)26-20-9-10-22(21(14-20)24(30)31)28-13-3-4-17(16-28)15-27-11-1-2-12-27/h5-10,14,17H,1-4,11-13,15-16H2,(H,26,29)(H,30,31). The zero-order valence-corrected chi connectivity index (χ0v) is 18.3. The quantitative estimate of drug-likeness (QED) is 0.685. The van der Waals surface area contributed by atoms with Crippen LogP contribution in [0.5, 0.6) is 0 Å². The van der Waals surface area contributed by atoms with Gasteiger partial charge in [-0.3, -0.25) is 4.79 Å². The third kappa shape index (κ3) is 5.38. The molecule has 164 valence electrons. The summed E-state index contributed by atoms with van der Waals surface area (Å²) >= 11 is 5.88. The number of carbonyl (C=O) groups excluding carboxylic acids is 1. The first-order valence-electron chi connectivity index (χ1n) is 10.9. The summed E-state index contributed by atoms with van der Waals surface area (Å²) in [5, 5.41) is 13.2. The largest absolute Gasteiger partial charge is 0.478 e. The van der Waals surface area contributed by atoms with Crippen molar-refractivity contribution < 1.29 is 14.7 Å². The highest BCUT2D eigenvalue weighted by Crippen LogP contribution is 2.30. The van der Waals surface area contributed by atoms with Gasteiger partial charge in [-0.05, 0) is 87.2 Å². The van der Waals surface area contributed by atoms with E-state index in [0.29, 0.717) is 22.2 Å². The number of nitrogens with one attached hydrogen (secondary N) is 1. The lowest BCUT2D eigenvalue weighted by atomic mass is 9.96. The number of carboxylic acids is 1. The number of piperidine rings is 1. The number of anilines is 2. The number of aromatic carboxylic acids is 1. The van der Waals surface area contributed by atoms with E-state index in [9.17, 15) is 14.7 Å². The molecule has 1 atom stereocenters. The summed E-state index contributed by atoms with van der Waals surface area (Å²) in [4.78, 5) is 29.2. The number of nitrogens with zero attached hydrogens (tertiary/aromatic N) is 2. The molecule has 2 aliphatic heterocycles. The molecule has 2 heterocycles. The van der Waals surface area contributed by atoms with E-state index < -0.39 is 5.97 Å². The Hall–Kier alpha value is -2.57. The van der Waals surface area contributed by atoms with Crippen LogP contribution in [-0.2, 0) is 0 Å². The lowest BCUT2D eigenvalue weighted by Crippen LogP contribution is -2.41. The molecule has 1 unspecified atom stereocenters. The van der Waals surface area contributed by atoms with Crippen LogP contribution in [0, 0.1) is 5.92 Å². The van der Waals surface area contributed by atoms with E-state index in [-0.39, 0.29) is 11.5 Å². The molecule has 2 aromatic carbocycles. The summed E-state index contributed by atoms with van der Waals surface area (Å²) in [7, 11) is 0. The number of rotatable bonds is 6. The highest BCUT2D eigenvalue weighted by Gasteiger charge is 2.26. The second-order valence-corrected chi connectivity index (χ2v) is 8.90. The molecule has 2 aromatic rings. The molecule has 2 aliphatic rings. The Balaban J connectivity index is 1.48. The van der Waals surface area contributed by atoms with Crippen molar-refractivity contribution in [1.29, 1.82) is 0 Å². The summed E-state index contributed by atoms with van der Waals surface area (Å²) in [6.07, 6.45) is 4.81. The highest BCUT2D eigenvalue weighted by atomic mass is 35.5. The maximum Gasteiger partial charge on any atom is 0.337 e.